The van der Waals surface area contributed by atoms with E-state index in [9.17, 15) is 14.9 Å². The lowest BCUT2D eigenvalue weighted by Crippen LogP contribution is -2.62. The van der Waals surface area contributed by atoms with E-state index in [2.05, 4.69) is 64.0 Å². The van der Waals surface area contributed by atoms with Crippen LogP contribution in [0.2, 0.25) is 18.1 Å². The molecule has 0 aromatic rings. The number of aldehydes is 1. The third-order valence-electron chi connectivity index (χ3n) is 7.97. The molecule has 0 saturated carbocycles. The van der Waals surface area contributed by atoms with E-state index in [1.807, 2.05) is 0 Å². The predicted octanol–water partition coefficient (Wildman–Crippen LogP) is 7.91. The molecule has 14 heteroatoms. The summed E-state index contributed by atoms with van der Waals surface area (Å²) in [5.41, 5.74) is 9.61. The molecule has 0 aromatic carbocycles. The molecule has 1 heterocycles. The lowest BCUT2D eigenvalue weighted by Gasteiger charge is -2.48. The maximum atomic E-state index is 13.7. The molecule has 1 unspecified atom stereocenters. The van der Waals surface area contributed by atoms with Crippen LogP contribution in [0.15, 0.2) is 30.4 Å². The monoisotopic (exact) mass is 661 g/mol. The minimum Gasteiger partial charge on any atom is -0.392 e. The Kier molecular flexibility index (Phi) is 19.1. The summed E-state index contributed by atoms with van der Waals surface area (Å²) in [4.78, 5) is 15.0. The lowest BCUT2D eigenvalue weighted by molar-refractivity contribution is -0.250. The minimum absolute atomic E-state index is 0.0164. The lowest BCUT2D eigenvalue weighted by atomic mass is 9.96. The Morgan fingerprint density at radius 2 is 1.70 bits per heavy atom. The summed E-state index contributed by atoms with van der Waals surface area (Å²) in [7, 11) is -5.16. The highest BCUT2D eigenvalue weighted by Crippen LogP contribution is 2.53. The van der Waals surface area contributed by atoms with Crippen molar-refractivity contribution >= 4 is 22.4 Å². The highest BCUT2D eigenvalue weighted by atomic mass is 31.2. The molecular formula is C30H56N3O9PSi. The third-order valence-corrected chi connectivity index (χ3v) is 13.8. The molecular weight excluding hydrogens is 605 g/mol. The number of carbonyl (C=O) groups is 1. The SMILES string of the molecule is C=CCOP(=O)(OCC=C)OC1[C@@H](COC)O[C@@H](O[Si](C)(C)C(C)(C)C)[C@H](N=[N+]=[N-])[C@H]1OCC[C@H](C=O)CCCCCCC. The number of carbonyl (C=O) groups excluding carboxylic acids is 1. The van der Waals surface area contributed by atoms with Gasteiger partial charge in [-0.1, -0.05) is 77.1 Å². The van der Waals surface area contributed by atoms with E-state index < -0.39 is 46.8 Å². The van der Waals surface area contributed by atoms with Crippen molar-refractivity contribution in [3.8, 4) is 0 Å². The summed E-state index contributed by atoms with van der Waals surface area (Å²) >= 11 is 0. The fourth-order valence-electron chi connectivity index (χ4n) is 4.44. The van der Waals surface area contributed by atoms with E-state index in [-0.39, 0.29) is 37.4 Å². The molecule has 0 radical (unpaired) electrons. The molecule has 254 valence electrons. The quantitative estimate of drug-likeness (QED) is 0.0147. The van der Waals surface area contributed by atoms with Crippen LogP contribution in [0.3, 0.4) is 0 Å². The van der Waals surface area contributed by atoms with Crippen LogP contribution in [0.5, 0.6) is 0 Å². The van der Waals surface area contributed by atoms with Crippen LogP contribution in [0.25, 0.3) is 10.4 Å². The summed E-state index contributed by atoms with van der Waals surface area (Å²) in [6, 6.07) is -1.02. The number of azide groups is 1. The standard InChI is InChI=1S/C30H56N3O9PSi/c1-10-13-14-15-16-17-24(22-34)18-21-37-28-26(32-33-31)29(42-44(8,9)30(4,5)6)40-25(23-36-7)27(28)41-43(35,38-19-11-2)39-20-12-3/h11-12,22,24-29H,2-3,10,13-21,23H2,1,4-9H3/t24-,25-,26-,27?,28-,29+/m1/s1. The zero-order valence-electron chi connectivity index (χ0n) is 27.9. The number of phosphoric acid groups is 1. The second-order valence-corrected chi connectivity index (χ2v) is 18.9. The predicted molar refractivity (Wildman–Crippen MR) is 174 cm³/mol. The van der Waals surface area contributed by atoms with E-state index in [4.69, 9.17) is 32.2 Å². The number of methoxy groups -OCH3 is 1. The molecule has 12 nitrogen and oxygen atoms in total. The van der Waals surface area contributed by atoms with E-state index in [0.717, 1.165) is 38.4 Å². The Balaban J connectivity index is 3.43. The van der Waals surface area contributed by atoms with Crippen molar-refractivity contribution in [2.75, 3.05) is 33.5 Å². The van der Waals surface area contributed by atoms with Gasteiger partial charge in [-0.2, -0.15) is 0 Å². The summed E-state index contributed by atoms with van der Waals surface area (Å²) in [6.45, 7) is 19.7. The van der Waals surface area contributed by atoms with Crippen molar-refractivity contribution < 1.29 is 41.6 Å². The van der Waals surface area contributed by atoms with Gasteiger partial charge in [0.2, 0.25) is 0 Å². The zero-order valence-corrected chi connectivity index (χ0v) is 29.7. The van der Waals surface area contributed by atoms with Crippen LogP contribution in [0.1, 0.15) is 72.6 Å². The average Bonchev–Trinajstić information content (AvgIpc) is 2.96. The Morgan fingerprint density at radius 1 is 1.07 bits per heavy atom. The summed E-state index contributed by atoms with van der Waals surface area (Å²) in [5, 5.41) is 3.86. The summed E-state index contributed by atoms with van der Waals surface area (Å²) in [6.07, 6.45) is 6.52. The van der Waals surface area contributed by atoms with Crippen molar-refractivity contribution in [1.82, 2.24) is 0 Å². The third kappa shape index (κ3) is 13.5. The van der Waals surface area contributed by atoms with E-state index in [0.29, 0.717) is 6.42 Å². The number of hydrogen-bond donors (Lipinski definition) is 0. The zero-order chi connectivity index (χ0) is 33.2. The van der Waals surface area contributed by atoms with Crippen molar-refractivity contribution in [3.63, 3.8) is 0 Å². The highest BCUT2D eigenvalue weighted by Gasteiger charge is 2.53. The first-order chi connectivity index (χ1) is 20.8. The topological polar surface area (TPSA) is 148 Å². The molecule has 1 aliphatic rings. The van der Waals surface area contributed by atoms with Gasteiger partial charge >= 0.3 is 7.82 Å². The van der Waals surface area contributed by atoms with E-state index >= 15 is 0 Å². The number of unbranched alkanes of at least 4 members (excludes halogenated alkanes) is 4. The van der Waals surface area contributed by atoms with Gasteiger partial charge in [-0.15, -0.1) is 13.2 Å². The first kappa shape index (κ1) is 40.7. The molecule has 0 N–H and O–H groups in total. The molecule has 1 fully saturated rings. The molecule has 1 saturated heterocycles. The molecule has 1 aliphatic heterocycles. The fourth-order valence-corrected chi connectivity index (χ4v) is 6.89. The van der Waals surface area contributed by atoms with Gasteiger partial charge < -0.3 is 23.4 Å². The van der Waals surface area contributed by atoms with Crippen molar-refractivity contribution in [3.05, 3.63) is 35.8 Å². The van der Waals surface area contributed by atoms with Crippen LogP contribution in [-0.2, 0) is 41.6 Å². The highest BCUT2D eigenvalue weighted by molar-refractivity contribution is 7.48. The first-order valence-electron chi connectivity index (χ1n) is 15.6. The molecule has 1 rings (SSSR count). The minimum atomic E-state index is -4.21. The maximum absolute atomic E-state index is 13.7. The van der Waals surface area contributed by atoms with Gasteiger partial charge in [0.25, 0.3) is 0 Å². The van der Waals surface area contributed by atoms with Crippen LogP contribution in [0, 0.1) is 5.92 Å². The smallest absolute Gasteiger partial charge is 0.392 e. The largest absolute Gasteiger partial charge is 0.475 e. The Hall–Kier alpha value is -1.37. The number of hydrogen-bond acceptors (Lipinski definition) is 10. The molecule has 44 heavy (non-hydrogen) atoms. The van der Waals surface area contributed by atoms with Gasteiger partial charge in [0, 0.05) is 24.5 Å². The summed E-state index contributed by atoms with van der Waals surface area (Å²) in [5.74, 6) is -0.194. The van der Waals surface area contributed by atoms with Gasteiger partial charge in [-0.3, -0.25) is 13.6 Å². The Morgan fingerprint density at radius 3 is 2.23 bits per heavy atom. The number of rotatable bonds is 24. The Bertz CT molecular complexity index is 943. The number of nitrogens with zero attached hydrogens (tertiary/aromatic N) is 3. The summed E-state index contributed by atoms with van der Waals surface area (Å²) < 4.78 is 55.5. The Labute approximate surface area is 265 Å². The second-order valence-electron chi connectivity index (χ2n) is 12.5. The van der Waals surface area contributed by atoms with Gasteiger partial charge in [0.05, 0.1) is 19.8 Å². The number of phosphoric ester groups is 1. The van der Waals surface area contributed by atoms with Crippen molar-refractivity contribution in [2.45, 2.75) is 121 Å². The first-order valence-corrected chi connectivity index (χ1v) is 19.9. The molecule has 0 bridgehead atoms. The normalized spacial score (nSPS) is 23.5. The van der Waals surface area contributed by atoms with Crippen LogP contribution < -0.4 is 0 Å². The number of ether oxygens (including phenoxy) is 3. The van der Waals surface area contributed by atoms with Crippen molar-refractivity contribution in [1.29, 1.82) is 0 Å². The average molecular weight is 662 g/mol. The molecule has 6 atom stereocenters. The van der Waals surface area contributed by atoms with Crippen LogP contribution in [0.4, 0.5) is 0 Å². The molecule has 0 amide bonds. The van der Waals surface area contributed by atoms with Crippen LogP contribution >= 0.6 is 7.82 Å². The fraction of sp³-hybridized carbons (Fsp3) is 0.833. The van der Waals surface area contributed by atoms with Crippen LogP contribution in [-0.4, -0.2) is 78.8 Å². The van der Waals surface area contributed by atoms with Crippen molar-refractivity contribution in [2.24, 2.45) is 11.0 Å². The van der Waals surface area contributed by atoms with E-state index in [1.54, 1.807) is 0 Å². The van der Waals surface area contributed by atoms with Gasteiger partial charge in [-0.25, -0.2) is 4.57 Å². The van der Waals surface area contributed by atoms with Gasteiger partial charge in [0.15, 0.2) is 14.6 Å². The van der Waals surface area contributed by atoms with Gasteiger partial charge in [0.1, 0.15) is 30.6 Å². The molecule has 0 aliphatic carbocycles. The molecule has 0 aromatic heterocycles. The molecule has 0 spiro atoms. The van der Waals surface area contributed by atoms with Gasteiger partial charge in [-0.05, 0) is 36.5 Å². The second kappa shape index (κ2) is 20.7. The van der Waals surface area contributed by atoms with E-state index in [1.165, 1.54) is 25.7 Å². The maximum Gasteiger partial charge on any atom is 0.475 e.